The van der Waals surface area contributed by atoms with Crippen molar-refractivity contribution in [3.05, 3.63) is 29.8 Å². The van der Waals surface area contributed by atoms with Crippen LogP contribution in [0.5, 0.6) is 0 Å². The number of rotatable bonds is 2. The molecule has 0 aliphatic carbocycles. The molecular formula is C13H18N2O. The summed E-state index contributed by atoms with van der Waals surface area (Å²) in [6, 6.07) is 8.39. The Labute approximate surface area is 96.2 Å². The van der Waals surface area contributed by atoms with Crippen molar-refractivity contribution in [3.8, 4) is 0 Å². The van der Waals surface area contributed by atoms with Crippen molar-refractivity contribution in [1.29, 1.82) is 0 Å². The Bertz CT molecular complexity index is 387. The second-order valence-electron chi connectivity index (χ2n) is 4.60. The second-order valence-corrected chi connectivity index (χ2v) is 4.60. The van der Waals surface area contributed by atoms with E-state index in [2.05, 4.69) is 22.8 Å². The van der Waals surface area contributed by atoms with E-state index in [1.54, 1.807) is 0 Å². The summed E-state index contributed by atoms with van der Waals surface area (Å²) >= 11 is 0. The van der Waals surface area contributed by atoms with Crippen LogP contribution in [0.25, 0.3) is 0 Å². The largest absolute Gasteiger partial charge is 0.384 e. The number of anilines is 1. The maximum Gasteiger partial charge on any atom is 0.225 e. The van der Waals surface area contributed by atoms with Crippen LogP contribution in [0.15, 0.2) is 24.3 Å². The van der Waals surface area contributed by atoms with Crippen LogP contribution in [0.2, 0.25) is 0 Å². The monoisotopic (exact) mass is 218 g/mol. The molecular weight excluding hydrogens is 200 g/mol. The first kappa shape index (κ1) is 11.0. The lowest BCUT2D eigenvalue weighted by Gasteiger charge is -2.26. The molecule has 1 amide bonds. The highest BCUT2D eigenvalue weighted by Crippen LogP contribution is 2.24. The normalized spacial score (nSPS) is 18.8. The van der Waals surface area contributed by atoms with Gasteiger partial charge in [-0.25, -0.2) is 0 Å². The van der Waals surface area contributed by atoms with Crippen molar-refractivity contribution in [1.82, 2.24) is 5.32 Å². The molecule has 0 bridgehead atoms. The molecule has 1 aromatic rings. The molecule has 1 heterocycles. The maximum atomic E-state index is 11.9. The summed E-state index contributed by atoms with van der Waals surface area (Å²) < 4.78 is 0. The quantitative estimate of drug-likeness (QED) is 0.794. The van der Waals surface area contributed by atoms with Crippen molar-refractivity contribution < 1.29 is 4.79 Å². The summed E-state index contributed by atoms with van der Waals surface area (Å²) in [5, 5.41) is 6.27. The second kappa shape index (κ2) is 4.56. The average molecular weight is 218 g/mol. The van der Waals surface area contributed by atoms with E-state index in [1.165, 1.54) is 5.56 Å². The average Bonchev–Trinajstić information content (AvgIpc) is 2.27. The van der Waals surface area contributed by atoms with E-state index in [-0.39, 0.29) is 17.9 Å². The SMILES string of the molecule is CC(C)NC(=O)C1CNc2ccccc2C1. The highest BCUT2D eigenvalue weighted by atomic mass is 16.1. The molecule has 0 radical (unpaired) electrons. The molecule has 3 nitrogen and oxygen atoms in total. The third-order valence-corrected chi connectivity index (χ3v) is 2.82. The molecule has 1 aliphatic heterocycles. The zero-order chi connectivity index (χ0) is 11.5. The van der Waals surface area contributed by atoms with Crippen molar-refractivity contribution in [2.24, 2.45) is 5.92 Å². The first-order valence-corrected chi connectivity index (χ1v) is 5.79. The van der Waals surface area contributed by atoms with Crippen LogP contribution in [0.4, 0.5) is 5.69 Å². The highest BCUT2D eigenvalue weighted by molar-refractivity contribution is 5.81. The van der Waals surface area contributed by atoms with Gasteiger partial charge in [0.1, 0.15) is 0 Å². The number of carbonyl (C=O) groups excluding carboxylic acids is 1. The minimum atomic E-state index is 0.0531. The third-order valence-electron chi connectivity index (χ3n) is 2.82. The van der Waals surface area contributed by atoms with Crippen molar-refractivity contribution in [2.45, 2.75) is 26.3 Å². The molecule has 2 rings (SSSR count). The Hall–Kier alpha value is -1.51. The number of para-hydroxylation sites is 1. The molecule has 1 aliphatic rings. The van der Waals surface area contributed by atoms with Crippen LogP contribution < -0.4 is 10.6 Å². The fourth-order valence-electron chi connectivity index (χ4n) is 2.03. The molecule has 0 aromatic heterocycles. The maximum absolute atomic E-state index is 11.9. The van der Waals surface area contributed by atoms with Crippen molar-refractivity contribution >= 4 is 11.6 Å². The molecule has 0 saturated carbocycles. The van der Waals surface area contributed by atoms with Gasteiger partial charge in [0.15, 0.2) is 0 Å². The highest BCUT2D eigenvalue weighted by Gasteiger charge is 2.24. The Kier molecular flexibility index (Phi) is 3.13. The van der Waals surface area contributed by atoms with Crippen LogP contribution in [0.1, 0.15) is 19.4 Å². The van der Waals surface area contributed by atoms with Gasteiger partial charge < -0.3 is 10.6 Å². The van der Waals surface area contributed by atoms with Gasteiger partial charge in [-0.2, -0.15) is 0 Å². The van der Waals surface area contributed by atoms with Crippen LogP contribution in [0, 0.1) is 5.92 Å². The molecule has 0 saturated heterocycles. The van der Waals surface area contributed by atoms with Gasteiger partial charge in [0.25, 0.3) is 0 Å². The summed E-state index contributed by atoms with van der Waals surface area (Å²) in [5.74, 6) is 0.203. The number of amides is 1. The Morgan fingerprint density at radius 2 is 2.19 bits per heavy atom. The third kappa shape index (κ3) is 2.35. The number of benzene rings is 1. The summed E-state index contributed by atoms with van der Waals surface area (Å²) in [5.41, 5.74) is 2.40. The van der Waals surface area contributed by atoms with E-state index in [0.29, 0.717) is 0 Å². The molecule has 0 spiro atoms. The summed E-state index contributed by atoms with van der Waals surface area (Å²) in [6.45, 7) is 4.71. The predicted molar refractivity (Wildman–Crippen MR) is 65.4 cm³/mol. The zero-order valence-electron chi connectivity index (χ0n) is 9.79. The smallest absolute Gasteiger partial charge is 0.225 e. The molecule has 2 N–H and O–H groups in total. The van der Waals surface area contributed by atoms with Gasteiger partial charge in [-0.3, -0.25) is 4.79 Å². The van der Waals surface area contributed by atoms with Gasteiger partial charge in [-0.1, -0.05) is 18.2 Å². The number of nitrogens with one attached hydrogen (secondary N) is 2. The lowest BCUT2D eigenvalue weighted by Crippen LogP contribution is -2.41. The molecule has 0 fully saturated rings. The fraction of sp³-hybridized carbons (Fsp3) is 0.462. The molecule has 16 heavy (non-hydrogen) atoms. The molecule has 1 aromatic carbocycles. The summed E-state index contributed by atoms with van der Waals surface area (Å²) in [6.07, 6.45) is 0.835. The van der Waals surface area contributed by atoms with Crippen LogP contribution >= 0.6 is 0 Å². The lowest BCUT2D eigenvalue weighted by molar-refractivity contribution is -0.125. The number of hydrogen-bond donors (Lipinski definition) is 2. The van der Waals surface area contributed by atoms with Gasteiger partial charge >= 0.3 is 0 Å². The molecule has 3 heteroatoms. The Morgan fingerprint density at radius 3 is 2.94 bits per heavy atom. The van der Waals surface area contributed by atoms with Crippen LogP contribution in [-0.2, 0) is 11.2 Å². The van der Waals surface area contributed by atoms with E-state index < -0.39 is 0 Å². The first-order chi connectivity index (χ1) is 7.66. The molecule has 1 atom stereocenters. The lowest BCUT2D eigenvalue weighted by atomic mass is 9.93. The fourth-order valence-corrected chi connectivity index (χ4v) is 2.03. The Morgan fingerprint density at radius 1 is 1.44 bits per heavy atom. The standard InChI is InChI=1S/C13H18N2O/c1-9(2)15-13(16)11-7-10-5-3-4-6-12(10)14-8-11/h3-6,9,11,14H,7-8H2,1-2H3,(H,15,16). The predicted octanol–water partition coefficient (Wildman–Crippen LogP) is 1.80. The van der Waals surface area contributed by atoms with Crippen LogP contribution in [-0.4, -0.2) is 18.5 Å². The van der Waals surface area contributed by atoms with Gasteiger partial charge in [0.05, 0.1) is 5.92 Å². The van der Waals surface area contributed by atoms with Gasteiger partial charge in [-0.05, 0) is 31.9 Å². The summed E-state index contributed by atoms with van der Waals surface area (Å²) in [7, 11) is 0. The molecule has 86 valence electrons. The first-order valence-electron chi connectivity index (χ1n) is 5.79. The van der Waals surface area contributed by atoms with Crippen molar-refractivity contribution in [2.75, 3.05) is 11.9 Å². The van der Waals surface area contributed by atoms with Gasteiger partial charge in [0.2, 0.25) is 5.91 Å². The van der Waals surface area contributed by atoms with Crippen molar-refractivity contribution in [3.63, 3.8) is 0 Å². The molecule has 1 unspecified atom stereocenters. The van der Waals surface area contributed by atoms with E-state index in [1.807, 2.05) is 26.0 Å². The number of fused-ring (bicyclic) bond motifs is 1. The topological polar surface area (TPSA) is 41.1 Å². The van der Waals surface area contributed by atoms with E-state index >= 15 is 0 Å². The minimum Gasteiger partial charge on any atom is -0.384 e. The number of hydrogen-bond acceptors (Lipinski definition) is 2. The van der Waals surface area contributed by atoms with E-state index in [9.17, 15) is 4.79 Å². The summed E-state index contributed by atoms with van der Waals surface area (Å²) in [4.78, 5) is 11.9. The number of carbonyl (C=O) groups is 1. The Balaban J connectivity index is 2.05. The minimum absolute atomic E-state index is 0.0531. The van der Waals surface area contributed by atoms with Gasteiger partial charge in [0, 0.05) is 18.3 Å². The van der Waals surface area contributed by atoms with Crippen LogP contribution in [0.3, 0.4) is 0 Å². The van der Waals surface area contributed by atoms with Gasteiger partial charge in [-0.15, -0.1) is 0 Å². The zero-order valence-corrected chi connectivity index (χ0v) is 9.79. The van der Waals surface area contributed by atoms with E-state index in [0.717, 1.165) is 18.7 Å². The van der Waals surface area contributed by atoms with E-state index in [4.69, 9.17) is 0 Å².